The van der Waals surface area contributed by atoms with E-state index in [0.29, 0.717) is 40.9 Å². The second kappa shape index (κ2) is 13.1. The van der Waals surface area contributed by atoms with Gasteiger partial charge in [0.25, 0.3) is 5.91 Å². The van der Waals surface area contributed by atoms with Crippen LogP contribution < -0.4 is 14.9 Å². The lowest BCUT2D eigenvalue weighted by atomic mass is 10.1. The number of nitrogens with one attached hydrogen (secondary N) is 1. The van der Waals surface area contributed by atoms with E-state index < -0.39 is 0 Å². The molecule has 2 aromatic carbocycles. The van der Waals surface area contributed by atoms with Gasteiger partial charge in [0, 0.05) is 16.5 Å². The first-order valence-electron chi connectivity index (χ1n) is 11.5. The fraction of sp³-hybridized carbons (Fsp3) is 0.346. The van der Waals surface area contributed by atoms with E-state index in [0.717, 1.165) is 29.1 Å². The maximum Gasteiger partial charge on any atom is 0.271 e. The van der Waals surface area contributed by atoms with Crippen LogP contribution in [-0.2, 0) is 0 Å². The summed E-state index contributed by atoms with van der Waals surface area (Å²) in [5.41, 5.74) is 5.63. The number of hydrogen-bond acceptors (Lipinski definition) is 6. The van der Waals surface area contributed by atoms with E-state index in [1.807, 2.05) is 31.4 Å². The number of hydrazone groups is 1. The molecule has 0 unspecified atom stereocenters. The van der Waals surface area contributed by atoms with Crippen LogP contribution in [0.4, 0.5) is 0 Å². The van der Waals surface area contributed by atoms with Gasteiger partial charge in [0.15, 0.2) is 11.5 Å². The van der Waals surface area contributed by atoms with E-state index in [1.54, 1.807) is 35.6 Å². The molecule has 0 aliphatic rings. The summed E-state index contributed by atoms with van der Waals surface area (Å²) < 4.78 is 11.6. The number of nitrogens with zero attached hydrogens (tertiary/aromatic N) is 2. The Hall–Kier alpha value is -2.90. The van der Waals surface area contributed by atoms with Gasteiger partial charge in [-0.2, -0.15) is 5.10 Å². The van der Waals surface area contributed by atoms with Gasteiger partial charge in [-0.1, -0.05) is 49.9 Å². The number of hydrogen-bond donors (Lipinski definition) is 1. The molecule has 0 fully saturated rings. The number of carbonyl (C=O) groups is 1. The lowest BCUT2D eigenvalue weighted by molar-refractivity contribution is 0.0955. The van der Waals surface area contributed by atoms with Gasteiger partial charge in [-0.25, -0.2) is 10.4 Å². The molecule has 0 aliphatic carbocycles. The van der Waals surface area contributed by atoms with E-state index in [1.165, 1.54) is 19.1 Å². The minimum atomic E-state index is -0.305. The number of carbonyl (C=O) groups excluding carboxylic acids is 1. The molecule has 1 aromatic heterocycles. The molecule has 180 valence electrons. The van der Waals surface area contributed by atoms with Crippen molar-refractivity contribution in [2.24, 2.45) is 5.10 Å². The topological polar surface area (TPSA) is 72.8 Å². The van der Waals surface area contributed by atoms with Crippen LogP contribution in [0.15, 0.2) is 46.9 Å². The molecule has 0 atom stereocenters. The first-order valence-corrected chi connectivity index (χ1v) is 12.7. The lowest BCUT2D eigenvalue weighted by Crippen LogP contribution is -2.17. The van der Waals surface area contributed by atoms with Gasteiger partial charge in [-0.15, -0.1) is 11.3 Å². The number of ether oxygens (including phenoxy) is 2. The molecule has 0 saturated carbocycles. The molecule has 0 saturated heterocycles. The highest BCUT2D eigenvalue weighted by Crippen LogP contribution is 2.36. The predicted molar refractivity (Wildman–Crippen MR) is 140 cm³/mol. The van der Waals surface area contributed by atoms with Gasteiger partial charge in [-0.05, 0) is 50.1 Å². The molecule has 6 nitrogen and oxygen atoms in total. The Morgan fingerprint density at radius 2 is 1.94 bits per heavy atom. The summed E-state index contributed by atoms with van der Waals surface area (Å²) in [5.74, 6) is 0.795. The zero-order valence-corrected chi connectivity index (χ0v) is 21.3. The average Bonchev–Trinajstić information content (AvgIpc) is 3.27. The molecular weight excluding hydrogens is 470 g/mol. The summed E-state index contributed by atoms with van der Waals surface area (Å²) in [4.78, 5) is 16.9. The Labute approximate surface area is 210 Å². The predicted octanol–water partition coefficient (Wildman–Crippen LogP) is 6.89. The maximum absolute atomic E-state index is 12.5. The molecule has 8 heteroatoms. The Morgan fingerprint density at radius 3 is 2.62 bits per heavy atom. The normalized spacial score (nSPS) is 11.1. The molecule has 1 N–H and O–H groups in total. The van der Waals surface area contributed by atoms with E-state index >= 15 is 0 Å². The van der Waals surface area contributed by atoms with Crippen molar-refractivity contribution in [2.75, 3.05) is 13.2 Å². The summed E-state index contributed by atoms with van der Waals surface area (Å²) in [5, 5.41) is 7.53. The fourth-order valence-electron chi connectivity index (χ4n) is 3.29. The number of benzene rings is 2. The molecule has 1 heterocycles. The monoisotopic (exact) mass is 499 g/mol. The summed E-state index contributed by atoms with van der Waals surface area (Å²) in [6.07, 6.45) is 5.98. The number of rotatable bonds is 12. The lowest BCUT2D eigenvalue weighted by Gasteiger charge is -2.14. The Bertz CT molecular complexity index is 1110. The van der Waals surface area contributed by atoms with Gasteiger partial charge >= 0.3 is 0 Å². The van der Waals surface area contributed by atoms with E-state index in [9.17, 15) is 4.79 Å². The molecule has 0 bridgehead atoms. The third-order valence-corrected chi connectivity index (χ3v) is 6.07. The highest BCUT2D eigenvalue weighted by molar-refractivity contribution is 7.09. The molecule has 3 rings (SSSR count). The van der Waals surface area contributed by atoms with Crippen LogP contribution in [0.5, 0.6) is 11.5 Å². The van der Waals surface area contributed by atoms with Crippen molar-refractivity contribution < 1.29 is 14.3 Å². The van der Waals surface area contributed by atoms with Crippen molar-refractivity contribution in [2.45, 2.75) is 46.5 Å². The highest BCUT2D eigenvalue weighted by atomic mass is 35.5. The Kier molecular flexibility index (Phi) is 9.91. The molecular formula is C26H30ClN3O3S. The zero-order chi connectivity index (χ0) is 24.3. The average molecular weight is 500 g/mol. The summed E-state index contributed by atoms with van der Waals surface area (Å²) >= 11 is 8.05. The second-order valence-electron chi connectivity index (χ2n) is 7.70. The van der Waals surface area contributed by atoms with Gasteiger partial charge in [0.1, 0.15) is 0 Å². The number of thiazole rings is 1. The molecule has 0 radical (unpaired) electrons. The maximum atomic E-state index is 12.5. The smallest absolute Gasteiger partial charge is 0.271 e. The van der Waals surface area contributed by atoms with E-state index in [4.69, 9.17) is 21.1 Å². The minimum Gasteiger partial charge on any atom is -0.490 e. The molecule has 0 aliphatic heterocycles. The fourth-order valence-corrected chi connectivity index (χ4v) is 4.18. The van der Waals surface area contributed by atoms with Crippen LogP contribution >= 0.6 is 22.9 Å². The highest BCUT2D eigenvalue weighted by Gasteiger charge is 2.12. The van der Waals surface area contributed by atoms with Gasteiger partial charge in [0.2, 0.25) is 0 Å². The third kappa shape index (κ3) is 7.30. The second-order valence-corrected chi connectivity index (χ2v) is 9.17. The van der Waals surface area contributed by atoms with Crippen molar-refractivity contribution in [1.29, 1.82) is 0 Å². The van der Waals surface area contributed by atoms with Crippen molar-refractivity contribution in [3.8, 4) is 22.8 Å². The van der Waals surface area contributed by atoms with Crippen molar-refractivity contribution in [3.63, 3.8) is 0 Å². The Balaban J connectivity index is 1.62. The summed E-state index contributed by atoms with van der Waals surface area (Å²) in [6, 6.07) is 10.8. The van der Waals surface area contributed by atoms with Gasteiger partial charge in [0.05, 0.1) is 35.2 Å². The van der Waals surface area contributed by atoms with Crippen LogP contribution in [-0.4, -0.2) is 30.3 Å². The van der Waals surface area contributed by atoms with Crippen molar-refractivity contribution in [1.82, 2.24) is 10.4 Å². The number of aryl methyl sites for hydroxylation is 1. The molecule has 0 spiro atoms. The SMILES string of the molecule is CCCCCCOc1c(Cl)cc(/C=N/NC(=O)c2ccc(-c3csc(C)n3)cc2)cc1OCC. The summed E-state index contributed by atoms with van der Waals surface area (Å²) in [6.45, 7) is 7.11. The standard InChI is InChI=1S/C26H30ClN3O3S/c1-4-6-7-8-13-33-25-22(27)14-19(15-24(25)32-5-2)16-28-30-26(31)21-11-9-20(10-12-21)23-17-34-18(3)29-23/h9-12,14-17H,4-8,13H2,1-3H3,(H,30,31)/b28-16+. The van der Waals surface area contributed by atoms with Crippen molar-refractivity contribution in [3.05, 3.63) is 62.9 Å². The minimum absolute atomic E-state index is 0.305. The third-order valence-electron chi connectivity index (χ3n) is 5.02. The van der Waals surface area contributed by atoms with Gasteiger partial charge < -0.3 is 9.47 Å². The largest absolute Gasteiger partial charge is 0.490 e. The van der Waals surface area contributed by atoms with Gasteiger partial charge in [-0.3, -0.25) is 4.79 Å². The molecule has 34 heavy (non-hydrogen) atoms. The molecule has 3 aromatic rings. The van der Waals surface area contributed by atoms with E-state index in [-0.39, 0.29) is 5.91 Å². The van der Waals surface area contributed by atoms with E-state index in [2.05, 4.69) is 22.4 Å². The van der Waals surface area contributed by atoms with Crippen LogP contribution in [0.25, 0.3) is 11.3 Å². The molecule has 1 amide bonds. The number of unbranched alkanes of at least 4 members (excludes halogenated alkanes) is 3. The number of halogens is 1. The van der Waals surface area contributed by atoms with Crippen LogP contribution in [0, 0.1) is 6.92 Å². The zero-order valence-electron chi connectivity index (χ0n) is 19.8. The Morgan fingerprint density at radius 1 is 1.15 bits per heavy atom. The quantitative estimate of drug-likeness (QED) is 0.167. The van der Waals surface area contributed by atoms with Crippen LogP contribution in [0.3, 0.4) is 0 Å². The first kappa shape index (κ1) is 25.7. The number of aromatic nitrogens is 1. The van der Waals surface area contributed by atoms with Crippen LogP contribution in [0.2, 0.25) is 5.02 Å². The van der Waals surface area contributed by atoms with Crippen molar-refractivity contribution >= 4 is 35.1 Å². The summed E-state index contributed by atoms with van der Waals surface area (Å²) in [7, 11) is 0. The first-order chi connectivity index (χ1) is 16.5. The number of amides is 1. The van der Waals surface area contributed by atoms with Crippen LogP contribution in [0.1, 0.15) is 60.5 Å².